The maximum Gasteiger partial charge on any atom is 0.309 e. The van der Waals surface area contributed by atoms with Crippen LogP contribution < -0.4 is 0 Å². The Bertz CT molecular complexity index is 626. The van der Waals surface area contributed by atoms with Crippen LogP contribution in [0.2, 0.25) is 0 Å². The molecule has 28 heavy (non-hydrogen) atoms. The lowest BCUT2D eigenvalue weighted by Gasteiger charge is -2.19. The third kappa shape index (κ3) is 7.29. The van der Waals surface area contributed by atoms with Crippen LogP contribution in [0.25, 0.3) is 0 Å². The van der Waals surface area contributed by atoms with Crippen molar-refractivity contribution < 1.29 is 19.8 Å². The van der Waals surface area contributed by atoms with Crippen LogP contribution >= 0.6 is 0 Å². The number of carboxylic acid groups (broad SMARTS) is 2. The second-order valence-corrected chi connectivity index (χ2v) is 9.50. The van der Waals surface area contributed by atoms with E-state index in [1.807, 2.05) is 0 Å². The van der Waals surface area contributed by atoms with Gasteiger partial charge in [-0.25, -0.2) is 0 Å². The molecule has 1 aromatic rings. The van der Waals surface area contributed by atoms with Crippen LogP contribution in [0.5, 0.6) is 0 Å². The lowest BCUT2D eigenvalue weighted by molar-refractivity contribution is -0.148. The molecule has 0 radical (unpaired) electrons. The molecule has 0 spiro atoms. The first kappa shape index (κ1) is 24.2. The zero-order valence-corrected chi connectivity index (χ0v) is 18.5. The summed E-state index contributed by atoms with van der Waals surface area (Å²) in [7, 11) is 0. The zero-order valence-electron chi connectivity index (χ0n) is 18.5. The summed E-state index contributed by atoms with van der Waals surface area (Å²) in [5.74, 6) is -1.45. The van der Waals surface area contributed by atoms with Gasteiger partial charge in [-0.3, -0.25) is 9.59 Å². The van der Waals surface area contributed by atoms with E-state index in [2.05, 4.69) is 26.0 Å². The van der Waals surface area contributed by atoms with Gasteiger partial charge in [-0.15, -0.1) is 0 Å². The molecule has 0 aliphatic carbocycles. The molecule has 0 aromatic heterocycles. The van der Waals surface area contributed by atoms with E-state index >= 15 is 0 Å². The molecular formula is C24H38O4. The standard InChI is InChI=1S/C24H38O4/c1-17-15-20(12-8-10-14-24(5,6)22(27)28)18(2)16-19(17)11-7-9-13-23(3,4)21(25)26/h15-16H,7-14H2,1-6H3,(H,25,26)(H,27,28). The van der Waals surface area contributed by atoms with Gasteiger partial charge >= 0.3 is 11.9 Å². The summed E-state index contributed by atoms with van der Waals surface area (Å²) < 4.78 is 0. The van der Waals surface area contributed by atoms with Gasteiger partial charge in [-0.1, -0.05) is 25.0 Å². The van der Waals surface area contributed by atoms with E-state index < -0.39 is 22.8 Å². The molecule has 1 aromatic carbocycles. The molecule has 158 valence electrons. The predicted molar refractivity (Wildman–Crippen MR) is 114 cm³/mol. The topological polar surface area (TPSA) is 74.6 Å². The highest BCUT2D eigenvalue weighted by molar-refractivity contribution is 5.73. The molecule has 4 nitrogen and oxygen atoms in total. The number of rotatable bonds is 12. The number of aryl methyl sites for hydroxylation is 4. The van der Waals surface area contributed by atoms with Crippen molar-refractivity contribution in [3.05, 3.63) is 34.4 Å². The van der Waals surface area contributed by atoms with E-state index in [1.165, 1.54) is 22.3 Å². The van der Waals surface area contributed by atoms with Crippen LogP contribution in [0.1, 0.15) is 88.5 Å². The van der Waals surface area contributed by atoms with Crippen molar-refractivity contribution in [2.45, 2.75) is 92.9 Å². The van der Waals surface area contributed by atoms with Crippen molar-refractivity contribution in [1.29, 1.82) is 0 Å². The molecule has 0 aliphatic heterocycles. The Morgan fingerprint density at radius 1 is 0.714 bits per heavy atom. The lowest BCUT2D eigenvalue weighted by Crippen LogP contribution is -2.23. The highest BCUT2D eigenvalue weighted by Crippen LogP contribution is 2.27. The van der Waals surface area contributed by atoms with Crippen LogP contribution in [0.4, 0.5) is 0 Å². The minimum atomic E-state index is -0.726. The normalized spacial score (nSPS) is 12.2. The van der Waals surface area contributed by atoms with Crippen molar-refractivity contribution in [1.82, 2.24) is 0 Å². The third-order valence-electron chi connectivity index (χ3n) is 5.95. The highest BCUT2D eigenvalue weighted by atomic mass is 16.4. The summed E-state index contributed by atoms with van der Waals surface area (Å²) in [6.07, 6.45) is 7.19. The summed E-state index contributed by atoms with van der Waals surface area (Å²) in [5.41, 5.74) is 3.99. The number of hydrogen-bond acceptors (Lipinski definition) is 2. The highest BCUT2D eigenvalue weighted by Gasteiger charge is 2.26. The molecule has 0 saturated heterocycles. The molecule has 2 N–H and O–H groups in total. The number of benzene rings is 1. The Balaban J connectivity index is 2.53. The molecule has 0 heterocycles. The Hall–Kier alpha value is -1.84. The lowest BCUT2D eigenvalue weighted by atomic mass is 9.86. The van der Waals surface area contributed by atoms with Crippen LogP contribution in [0.3, 0.4) is 0 Å². The predicted octanol–water partition coefficient (Wildman–Crippen LogP) is 5.95. The van der Waals surface area contributed by atoms with E-state index in [-0.39, 0.29) is 0 Å². The summed E-state index contributed by atoms with van der Waals surface area (Å²) in [5, 5.41) is 18.4. The molecule has 0 amide bonds. The number of unbranched alkanes of at least 4 members (excludes halogenated alkanes) is 2. The first-order valence-electron chi connectivity index (χ1n) is 10.4. The molecule has 0 fully saturated rings. The van der Waals surface area contributed by atoms with Crippen molar-refractivity contribution in [3.8, 4) is 0 Å². The van der Waals surface area contributed by atoms with E-state index in [4.69, 9.17) is 0 Å². The van der Waals surface area contributed by atoms with Gasteiger partial charge in [0.15, 0.2) is 0 Å². The second-order valence-electron chi connectivity index (χ2n) is 9.50. The molecular weight excluding hydrogens is 352 g/mol. The van der Waals surface area contributed by atoms with Gasteiger partial charge in [-0.2, -0.15) is 0 Å². The smallest absolute Gasteiger partial charge is 0.309 e. The van der Waals surface area contributed by atoms with Gasteiger partial charge in [0, 0.05) is 0 Å². The van der Waals surface area contributed by atoms with Gasteiger partial charge in [0.2, 0.25) is 0 Å². The monoisotopic (exact) mass is 390 g/mol. The van der Waals surface area contributed by atoms with Gasteiger partial charge in [0.1, 0.15) is 0 Å². The maximum absolute atomic E-state index is 11.2. The third-order valence-corrected chi connectivity index (χ3v) is 5.95. The average molecular weight is 391 g/mol. The first-order chi connectivity index (χ1) is 12.9. The zero-order chi connectivity index (χ0) is 21.5. The van der Waals surface area contributed by atoms with Crippen LogP contribution in [0.15, 0.2) is 12.1 Å². The minimum Gasteiger partial charge on any atom is -0.481 e. The SMILES string of the molecule is Cc1cc(CCCCC(C)(C)C(=O)O)c(C)cc1CCCCC(C)(C)C(=O)O. The Labute approximate surface area is 170 Å². The Morgan fingerprint density at radius 3 is 1.32 bits per heavy atom. The fourth-order valence-electron chi connectivity index (χ4n) is 3.45. The number of hydrogen-bond donors (Lipinski definition) is 2. The van der Waals surface area contributed by atoms with Crippen molar-refractivity contribution in [3.63, 3.8) is 0 Å². The number of aliphatic carboxylic acids is 2. The van der Waals surface area contributed by atoms with Crippen molar-refractivity contribution >= 4 is 11.9 Å². The van der Waals surface area contributed by atoms with Crippen LogP contribution in [-0.4, -0.2) is 22.2 Å². The minimum absolute atomic E-state index is 0.649. The second kappa shape index (κ2) is 10.1. The average Bonchev–Trinajstić information content (AvgIpc) is 2.58. The quantitative estimate of drug-likeness (QED) is 0.432. The Morgan fingerprint density at radius 2 is 1.04 bits per heavy atom. The Kier molecular flexibility index (Phi) is 8.72. The molecule has 0 aliphatic rings. The van der Waals surface area contributed by atoms with Gasteiger partial charge < -0.3 is 10.2 Å². The van der Waals surface area contributed by atoms with Gasteiger partial charge in [0.25, 0.3) is 0 Å². The van der Waals surface area contributed by atoms with E-state index in [9.17, 15) is 19.8 Å². The molecule has 0 bridgehead atoms. The maximum atomic E-state index is 11.2. The van der Waals surface area contributed by atoms with E-state index in [1.54, 1.807) is 27.7 Å². The summed E-state index contributed by atoms with van der Waals surface area (Å²) in [6.45, 7) is 11.4. The summed E-state index contributed by atoms with van der Waals surface area (Å²) in [4.78, 5) is 22.4. The molecule has 0 atom stereocenters. The molecule has 1 rings (SSSR count). The number of carbonyl (C=O) groups is 2. The molecule has 0 unspecified atom stereocenters. The summed E-state index contributed by atoms with van der Waals surface area (Å²) in [6, 6.07) is 4.54. The number of carboxylic acids is 2. The van der Waals surface area contributed by atoms with Crippen LogP contribution in [-0.2, 0) is 22.4 Å². The van der Waals surface area contributed by atoms with Gasteiger partial charge in [0.05, 0.1) is 10.8 Å². The van der Waals surface area contributed by atoms with Crippen molar-refractivity contribution in [2.75, 3.05) is 0 Å². The van der Waals surface area contributed by atoms with Crippen molar-refractivity contribution in [2.24, 2.45) is 10.8 Å². The fourth-order valence-corrected chi connectivity index (χ4v) is 3.45. The van der Waals surface area contributed by atoms with Crippen LogP contribution in [0, 0.1) is 24.7 Å². The summed E-state index contributed by atoms with van der Waals surface area (Å²) >= 11 is 0. The fraction of sp³-hybridized carbons (Fsp3) is 0.667. The first-order valence-corrected chi connectivity index (χ1v) is 10.4. The molecule has 4 heteroatoms. The largest absolute Gasteiger partial charge is 0.481 e. The van der Waals surface area contributed by atoms with E-state index in [0.29, 0.717) is 12.8 Å². The molecule has 0 saturated carbocycles. The van der Waals surface area contributed by atoms with E-state index in [0.717, 1.165) is 38.5 Å². The van der Waals surface area contributed by atoms with Gasteiger partial charge in [-0.05, 0) is 102 Å².